The van der Waals surface area contributed by atoms with Gasteiger partial charge in [-0.1, -0.05) is 50.5 Å². The number of carbonyl (C=O) groups is 4. The van der Waals surface area contributed by atoms with Crippen LogP contribution in [0, 0.1) is 0 Å². The average Bonchev–Trinajstić information content (AvgIpc) is 3.57. The van der Waals surface area contributed by atoms with Gasteiger partial charge in [-0.25, -0.2) is 4.18 Å². The van der Waals surface area contributed by atoms with E-state index in [0.29, 0.717) is 17.9 Å². The summed E-state index contributed by atoms with van der Waals surface area (Å²) >= 11 is 0. The Bertz CT molecular complexity index is 2270. The van der Waals surface area contributed by atoms with Crippen molar-refractivity contribution in [3.63, 3.8) is 0 Å². The van der Waals surface area contributed by atoms with Gasteiger partial charge < -0.3 is 105 Å². The van der Waals surface area contributed by atoms with Crippen molar-refractivity contribution in [3.05, 3.63) is 42.0 Å². The summed E-state index contributed by atoms with van der Waals surface area (Å²) in [6, 6.07) is 0.0924. The van der Waals surface area contributed by atoms with Gasteiger partial charge in [-0.05, 0) is 43.4 Å². The molecule has 4 aliphatic rings. The van der Waals surface area contributed by atoms with Gasteiger partial charge in [0, 0.05) is 34.2 Å². The Balaban J connectivity index is 1.38. The normalized spacial score (nSPS) is 34.8. The van der Waals surface area contributed by atoms with Gasteiger partial charge in [0.05, 0.1) is 33.0 Å². The van der Waals surface area contributed by atoms with Crippen LogP contribution in [0.2, 0.25) is 0 Å². The summed E-state index contributed by atoms with van der Waals surface area (Å²) in [4.78, 5) is 52.2. The van der Waals surface area contributed by atoms with Crippen LogP contribution in [0.15, 0.2) is 36.4 Å². The van der Waals surface area contributed by atoms with Crippen LogP contribution in [0.5, 0.6) is 5.75 Å². The second kappa shape index (κ2) is 31.5. The highest BCUT2D eigenvalue weighted by molar-refractivity contribution is 7.80. The van der Waals surface area contributed by atoms with Gasteiger partial charge in [-0.3, -0.25) is 23.7 Å². The van der Waals surface area contributed by atoms with Gasteiger partial charge in [0.2, 0.25) is 23.6 Å². The van der Waals surface area contributed by atoms with Crippen molar-refractivity contribution in [3.8, 4) is 5.75 Å². The Labute approximate surface area is 463 Å². The summed E-state index contributed by atoms with van der Waals surface area (Å²) in [5.74, 6) is -2.56. The second-order valence-corrected chi connectivity index (χ2v) is 21.1. The highest BCUT2D eigenvalue weighted by Gasteiger charge is 2.57. The monoisotopic (exact) mass is 1170 g/mol. The van der Waals surface area contributed by atoms with E-state index >= 15 is 0 Å². The highest BCUT2D eigenvalue weighted by atomic mass is 32.3. The van der Waals surface area contributed by atoms with Gasteiger partial charge in [0.25, 0.3) is 0 Å². The predicted molar refractivity (Wildman–Crippen MR) is 272 cm³/mol. The quantitative estimate of drug-likeness (QED) is 0.0218. The SMILES string of the molecule is CCCCCCC=CCCCOc1cccc(CN(C(C)=O)C2[C@H](O[C@H]3C(O)C(NC(C)=O)[C@H](O[C@@H]4C(CO)O[C@@H](O[C@H]5C(O)C(NC(C)=O)[C@H](O)O[C@H]5COS(=O)(=O)O)C(NC(C)=O)[C@H]4O)O[C@H]3CO)OC(CO)[C@@H](O)[C@@H]2O)c1. The molecule has 0 saturated carbocycles. The lowest BCUT2D eigenvalue weighted by Crippen LogP contribution is -2.71. The molecule has 456 valence electrons. The molecular weight excluding hydrogens is 1090 g/mol. The minimum atomic E-state index is -5.17. The smallest absolute Gasteiger partial charge is 0.397 e. The lowest BCUT2D eigenvalue weighted by atomic mass is 9.92. The Kier molecular flexibility index (Phi) is 26.3. The van der Waals surface area contributed by atoms with E-state index in [2.05, 4.69) is 39.2 Å². The van der Waals surface area contributed by atoms with Gasteiger partial charge in [0.1, 0.15) is 103 Å². The average molecular weight is 1170 g/mol. The molecule has 0 bridgehead atoms. The van der Waals surface area contributed by atoms with Gasteiger partial charge in [-0.15, -0.1) is 0 Å². The molecule has 4 amide bonds. The fraction of sp³-hybridized carbons (Fsp3) is 0.760. The predicted octanol–water partition coefficient (Wildman–Crippen LogP) is -3.75. The van der Waals surface area contributed by atoms with Crippen LogP contribution < -0.4 is 20.7 Å². The van der Waals surface area contributed by atoms with Crippen LogP contribution >= 0.6 is 0 Å². The molecule has 1 aromatic carbocycles. The Hall–Kier alpha value is -4.13. The molecule has 1 aromatic rings. The zero-order valence-electron chi connectivity index (χ0n) is 45.2. The molecule has 0 aromatic heterocycles. The largest absolute Gasteiger partial charge is 0.494 e. The minimum Gasteiger partial charge on any atom is -0.494 e. The van der Waals surface area contributed by atoms with E-state index in [4.69, 9.17) is 37.9 Å². The van der Waals surface area contributed by atoms with E-state index in [1.807, 2.05) is 0 Å². The van der Waals surface area contributed by atoms with E-state index in [1.54, 1.807) is 24.3 Å². The van der Waals surface area contributed by atoms with Crippen LogP contribution in [-0.4, -0.2) is 243 Å². The summed E-state index contributed by atoms with van der Waals surface area (Å²) in [7, 11) is -5.17. The number of nitrogens with one attached hydrogen (secondary N) is 3. The zero-order chi connectivity index (χ0) is 59.0. The number of benzene rings is 1. The number of ether oxygens (including phenoxy) is 8. The van der Waals surface area contributed by atoms with Crippen LogP contribution in [0.4, 0.5) is 0 Å². The third-order valence-electron chi connectivity index (χ3n) is 13.8. The van der Waals surface area contributed by atoms with Crippen molar-refractivity contribution in [2.24, 2.45) is 0 Å². The van der Waals surface area contributed by atoms with E-state index in [-0.39, 0.29) is 6.54 Å². The Morgan fingerprint density at radius 2 is 1.12 bits per heavy atom. The van der Waals surface area contributed by atoms with E-state index < -0.39 is 183 Å². The maximum Gasteiger partial charge on any atom is 0.397 e. The van der Waals surface area contributed by atoms with Crippen molar-refractivity contribution in [2.45, 2.75) is 209 Å². The first-order valence-electron chi connectivity index (χ1n) is 26.5. The van der Waals surface area contributed by atoms with E-state index in [0.717, 1.165) is 51.4 Å². The second-order valence-electron chi connectivity index (χ2n) is 20.0. The topological polar surface area (TPSA) is 427 Å². The first-order valence-corrected chi connectivity index (χ1v) is 27.9. The third kappa shape index (κ3) is 18.4. The molecule has 0 spiro atoms. The summed E-state index contributed by atoms with van der Waals surface area (Å²) in [6.07, 6.45) is -17.9. The van der Waals surface area contributed by atoms with Crippen LogP contribution in [0.1, 0.15) is 85.1 Å². The van der Waals surface area contributed by atoms with Crippen LogP contribution in [0.25, 0.3) is 0 Å². The van der Waals surface area contributed by atoms with Crippen molar-refractivity contribution in [2.75, 3.05) is 33.0 Å². The fourth-order valence-corrected chi connectivity index (χ4v) is 10.2. The molecule has 29 nitrogen and oxygen atoms in total. The summed E-state index contributed by atoms with van der Waals surface area (Å²) in [5, 5.41) is 108. The highest BCUT2D eigenvalue weighted by Crippen LogP contribution is 2.36. The molecule has 13 N–H and O–H groups in total. The Morgan fingerprint density at radius 3 is 1.64 bits per heavy atom. The van der Waals surface area contributed by atoms with E-state index in [9.17, 15) is 78.1 Å². The molecule has 4 fully saturated rings. The Morgan fingerprint density at radius 1 is 0.625 bits per heavy atom. The number of rotatable bonds is 28. The van der Waals surface area contributed by atoms with Crippen molar-refractivity contribution < 1.29 is 120 Å². The first kappa shape index (κ1) is 66.7. The summed E-state index contributed by atoms with van der Waals surface area (Å²) < 4.78 is 84.6. The maximum absolute atomic E-state index is 13.6. The number of hydrogen-bond acceptors (Lipinski definition) is 24. The number of unbranched alkanes of at least 4 members (excludes halogenated alkanes) is 5. The lowest BCUT2D eigenvalue weighted by Gasteiger charge is -2.51. The number of carbonyl (C=O) groups excluding carboxylic acids is 4. The molecule has 20 atom stereocenters. The molecule has 4 heterocycles. The van der Waals surface area contributed by atoms with Gasteiger partial charge in [-0.2, -0.15) is 8.42 Å². The van der Waals surface area contributed by atoms with Crippen molar-refractivity contribution in [1.29, 1.82) is 0 Å². The number of allylic oxidation sites excluding steroid dienone is 2. The molecule has 4 saturated heterocycles. The molecule has 30 heteroatoms. The zero-order valence-corrected chi connectivity index (χ0v) is 46.0. The molecule has 5 rings (SSSR count). The summed E-state index contributed by atoms with van der Waals surface area (Å²) in [5.41, 5.74) is 0.522. The van der Waals surface area contributed by atoms with Crippen molar-refractivity contribution in [1.82, 2.24) is 20.9 Å². The number of aliphatic hydroxyl groups excluding tert-OH is 9. The number of nitrogens with zero attached hydrogens (tertiary/aromatic N) is 1. The first-order chi connectivity index (χ1) is 37.9. The van der Waals surface area contributed by atoms with Gasteiger partial charge >= 0.3 is 10.4 Å². The van der Waals surface area contributed by atoms with E-state index in [1.165, 1.54) is 26.2 Å². The minimum absolute atomic E-state index is 0.214. The number of hydrogen-bond donors (Lipinski definition) is 13. The molecule has 0 aliphatic carbocycles. The summed E-state index contributed by atoms with van der Waals surface area (Å²) in [6.45, 7) is 2.65. The molecule has 80 heavy (non-hydrogen) atoms. The molecule has 8 unspecified atom stereocenters. The van der Waals surface area contributed by atoms with Gasteiger partial charge in [0.15, 0.2) is 25.2 Å². The van der Waals surface area contributed by atoms with Crippen LogP contribution in [-0.2, 0) is 73.5 Å². The maximum atomic E-state index is 13.6. The molecular formula is C50H80N4O25S. The fourth-order valence-electron chi connectivity index (χ4n) is 9.91. The van der Waals surface area contributed by atoms with Crippen LogP contribution in [0.3, 0.4) is 0 Å². The molecule has 0 radical (unpaired) electrons. The third-order valence-corrected chi connectivity index (χ3v) is 14.2. The standard InChI is InChI=1S/C50H80N4O25S/c1-6-7-8-9-10-11-12-13-14-18-71-30-17-15-16-29(19-30)20-54(28(5)61)38-43(66)39(62)31(21-55)74-50(38)79-45-33(23-57)76-48(37(42(45)65)53-27(4)60)77-44-32(22-56)75-49(36(41(44)64)52-26(3)59)78-46-34(24-72-80(68,69)70)73-47(67)35(40(46)63)51-25(2)58/h11-12,15-17,19,31-50,55-57,62-67H,6-10,13-14,18,20-24H2,1-5H3,(H,51,58)(H,52,59)(H,53,60)(H,68,69,70)/t31?,32?,33-,34-,35?,36?,37?,38?,39+,40?,41+,42?,43+,44+,45+,46+,47+,48-,49-,50-/m0/s1. The number of amides is 4. The van der Waals surface area contributed by atoms with Crippen molar-refractivity contribution >= 4 is 34.0 Å². The lowest BCUT2D eigenvalue weighted by molar-refractivity contribution is -0.364. The molecule has 4 aliphatic heterocycles. The number of aliphatic hydroxyl groups is 9.